The molecule has 0 unspecified atom stereocenters. The first kappa shape index (κ1) is 16.2. The summed E-state index contributed by atoms with van der Waals surface area (Å²) in [6.07, 6.45) is 1.34. The highest BCUT2D eigenvalue weighted by atomic mass is 35.5. The van der Waals surface area contributed by atoms with Crippen LogP contribution in [0.5, 0.6) is 0 Å². The average Bonchev–Trinajstić information content (AvgIpc) is 1.95. The molecular formula is C10H22ClNO2. The highest BCUT2D eigenvalue weighted by molar-refractivity contribution is 5.85. The van der Waals surface area contributed by atoms with Gasteiger partial charge in [-0.15, -0.1) is 12.4 Å². The third kappa shape index (κ3) is 11.7. The van der Waals surface area contributed by atoms with Crippen LogP contribution in [0.2, 0.25) is 0 Å². The van der Waals surface area contributed by atoms with Gasteiger partial charge in [0.2, 0.25) is 0 Å². The summed E-state index contributed by atoms with van der Waals surface area (Å²) in [6, 6.07) is 0. The molecule has 0 saturated carbocycles. The number of nitrogens with zero attached hydrogens (tertiary/aromatic N) is 1. The maximum atomic E-state index is 10.3. The topological polar surface area (TPSA) is 40.5 Å². The van der Waals surface area contributed by atoms with Crippen molar-refractivity contribution in [3.05, 3.63) is 0 Å². The van der Waals surface area contributed by atoms with Gasteiger partial charge in [0.05, 0.1) is 6.42 Å². The molecule has 0 bridgehead atoms. The Bertz CT molecular complexity index is 166. The minimum Gasteiger partial charge on any atom is -0.481 e. The normalized spacial score (nSPS) is 11.2. The number of aliphatic carboxylic acids is 1. The van der Waals surface area contributed by atoms with E-state index in [0.29, 0.717) is 12.0 Å². The summed E-state index contributed by atoms with van der Waals surface area (Å²) in [5.41, 5.74) is 0.331. The number of carboxylic acid groups (broad SMARTS) is 1. The molecule has 0 rings (SSSR count). The first-order valence-electron chi connectivity index (χ1n) is 4.71. The third-order valence-electron chi connectivity index (χ3n) is 1.95. The van der Waals surface area contributed by atoms with Gasteiger partial charge in [0.15, 0.2) is 0 Å². The van der Waals surface area contributed by atoms with Gasteiger partial charge >= 0.3 is 5.97 Å². The molecule has 0 atom stereocenters. The zero-order valence-corrected chi connectivity index (χ0v) is 10.4. The molecule has 0 aromatic carbocycles. The van der Waals surface area contributed by atoms with E-state index >= 15 is 0 Å². The van der Waals surface area contributed by atoms with Crippen molar-refractivity contribution < 1.29 is 9.90 Å². The summed E-state index contributed by atoms with van der Waals surface area (Å²) in [7, 11) is 1.97. The Kier molecular flexibility index (Phi) is 8.16. The summed E-state index contributed by atoms with van der Waals surface area (Å²) < 4.78 is 0. The van der Waals surface area contributed by atoms with Crippen LogP contribution in [-0.2, 0) is 4.79 Å². The summed E-state index contributed by atoms with van der Waals surface area (Å²) >= 11 is 0. The number of hydrogen-bond donors (Lipinski definition) is 1. The first-order chi connectivity index (χ1) is 5.81. The molecule has 1 N–H and O–H groups in total. The van der Waals surface area contributed by atoms with E-state index in [0.717, 1.165) is 13.0 Å². The quantitative estimate of drug-likeness (QED) is 0.777. The lowest BCUT2D eigenvalue weighted by Gasteiger charge is -2.22. The molecule has 0 aromatic rings. The summed E-state index contributed by atoms with van der Waals surface area (Å²) in [5, 5.41) is 8.46. The molecule has 0 saturated heterocycles. The van der Waals surface area contributed by atoms with Gasteiger partial charge in [0.25, 0.3) is 0 Å². The average molecular weight is 224 g/mol. The molecule has 0 spiro atoms. The molecule has 0 aliphatic rings. The third-order valence-corrected chi connectivity index (χ3v) is 1.95. The van der Waals surface area contributed by atoms with E-state index in [-0.39, 0.29) is 18.8 Å². The lowest BCUT2D eigenvalue weighted by molar-refractivity contribution is -0.137. The van der Waals surface area contributed by atoms with Crippen LogP contribution >= 0.6 is 12.4 Å². The summed E-state index contributed by atoms with van der Waals surface area (Å²) in [6.45, 7) is 8.19. The fourth-order valence-electron chi connectivity index (χ4n) is 0.925. The smallest absolute Gasteiger partial charge is 0.304 e. The van der Waals surface area contributed by atoms with E-state index in [9.17, 15) is 4.79 Å². The molecule has 0 aliphatic heterocycles. The molecule has 0 radical (unpaired) electrons. The van der Waals surface area contributed by atoms with Crippen molar-refractivity contribution in [1.29, 1.82) is 0 Å². The molecule has 0 fully saturated rings. The lowest BCUT2D eigenvalue weighted by atomic mass is 9.92. The van der Waals surface area contributed by atoms with E-state index in [1.54, 1.807) is 0 Å². The van der Waals surface area contributed by atoms with Gasteiger partial charge in [0, 0.05) is 6.54 Å². The molecule has 0 heterocycles. The zero-order valence-electron chi connectivity index (χ0n) is 9.54. The number of carboxylic acids is 1. The fraction of sp³-hybridized carbons (Fsp3) is 0.900. The molecule has 0 amide bonds. The second-order valence-electron chi connectivity index (χ2n) is 4.76. The van der Waals surface area contributed by atoms with E-state index < -0.39 is 5.97 Å². The van der Waals surface area contributed by atoms with Crippen LogP contribution in [0.25, 0.3) is 0 Å². The second kappa shape index (κ2) is 7.07. The Hall–Kier alpha value is -0.280. The standard InChI is InChI=1S/C10H21NO2.ClH/c1-10(2,3)6-8-11(4)7-5-9(12)13;/h5-8H2,1-4H3,(H,12,13);1H. The van der Waals surface area contributed by atoms with Gasteiger partial charge in [-0.3, -0.25) is 4.79 Å². The predicted molar refractivity (Wildman–Crippen MR) is 61.1 cm³/mol. The highest BCUT2D eigenvalue weighted by Gasteiger charge is 2.11. The lowest BCUT2D eigenvalue weighted by Crippen LogP contribution is -2.25. The van der Waals surface area contributed by atoms with Crippen molar-refractivity contribution in [2.45, 2.75) is 33.6 Å². The molecule has 3 nitrogen and oxygen atoms in total. The van der Waals surface area contributed by atoms with Crippen molar-refractivity contribution in [3.8, 4) is 0 Å². The first-order valence-corrected chi connectivity index (χ1v) is 4.71. The van der Waals surface area contributed by atoms with E-state index in [4.69, 9.17) is 5.11 Å². The minimum atomic E-state index is -0.720. The number of rotatable bonds is 5. The highest BCUT2D eigenvalue weighted by Crippen LogP contribution is 2.18. The van der Waals surface area contributed by atoms with Gasteiger partial charge in [0.1, 0.15) is 0 Å². The zero-order chi connectivity index (χ0) is 10.5. The Morgan fingerprint density at radius 1 is 1.29 bits per heavy atom. The maximum Gasteiger partial charge on any atom is 0.304 e. The van der Waals surface area contributed by atoms with Crippen LogP contribution in [-0.4, -0.2) is 36.1 Å². The van der Waals surface area contributed by atoms with E-state index in [1.807, 2.05) is 7.05 Å². The van der Waals surface area contributed by atoms with Crippen molar-refractivity contribution >= 4 is 18.4 Å². The molecule has 4 heteroatoms. The van der Waals surface area contributed by atoms with Gasteiger partial charge in [-0.05, 0) is 25.4 Å². The maximum absolute atomic E-state index is 10.3. The fourth-order valence-corrected chi connectivity index (χ4v) is 0.925. The van der Waals surface area contributed by atoms with Crippen LogP contribution in [0.4, 0.5) is 0 Å². The minimum absolute atomic E-state index is 0. The largest absolute Gasteiger partial charge is 0.481 e. The SMILES string of the molecule is CN(CCC(=O)O)CCC(C)(C)C.Cl. The Morgan fingerprint density at radius 2 is 1.79 bits per heavy atom. The summed E-state index contributed by atoms with van der Waals surface area (Å²) in [5.74, 6) is -0.720. The van der Waals surface area contributed by atoms with Crippen molar-refractivity contribution in [1.82, 2.24) is 4.90 Å². The number of carbonyl (C=O) groups is 1. The van der Waals surface area contributed by atoms with Gasteiger partial charge in [-0.25, -0.2) is 0 Å². The molecular weight excluding hydrogens is 202 g/mol. The van der Waals surface area contributed by atoms with Crippen LogP contribution in [0.15, 0.2) is 0 Å². The molecule has 14 heavy (non-hydrogen) atoms. The van der Waals surface area contributed by atoms with E-state index in [2.05, 4.69) is 25.7 Å². The molecule has 0 aromatic heterocycles. The van der Waals surface area contributed by atoms with Gasteiger partial charge in [-0.2, -0.15) is 0 Å². The van der Waals surface area contributed by atoms with Crippen LogP contribution in [0.1, 0.15) is 33.6 Å². The molecule has 0 aliphatic carbocycles. The number of hydrogen-bond acceptors (Lipinski definition) is 2. The Morgan fingerprint density at radius 3 is 2.14 bits per heavy atom. The van der Waals surface area contributed by atoms with E-state index in [1.165, 1.54) is 0 Å². The molecule has 86 valence electrons. The Labute approximate surface area is 92.9 Å². The van der Waals surface area contributed by atoms with Crippen LogP contribution in [0, 0.1) is 5.41 Å². The van der Waals surface area contributed by atoms with Crippen molar-refractivity contribution in [2.75, 3.05) is 20.1 Å². The van der Waals surface area contributed by atoms with Gasteiger partial charge < -0.3 is 10.0 Å². The van der Waals surface area contributed by atoms with Crippen molar-refractivity contribution in [3.63, 3.8) is 0 Å². The second-order valence-corrected chi connectivity index (χ2v) is 4.76. The Balaban J connectivity index is 0. The summed E-state index contributed by atoms with van der Waals surface area (Å²) in [4.78, 5) is 12.3. The van der Waals surface area contributed by atoms with Gasteiger partial charge in [-0.1, -0.05) is 20.8 Å². The van der Waals surface area contributed by atoms with Crippen LogP contribution in [0.3, 0.4) is 0 Å². The van der Waals surface area contributed by atoms with Crippen molar-refractivity contribution in [2.24, 2.45) is 5.41 Å². The number of halogens is 1. The monoisotopic (exact) mass is 223 g/mol. The predicted octanol–water partition coefficient (Wildman–Crippen LogP) is 2.25. The van der Waals surface area contributed by atoms with Crippen LogP contribution < -0.4 is 0 Å².